The molecule has 1 aliphatic rings. The molecule has 156 valence electrons. The van der Waals surface area contributed by atoms with Crippen molar-refractivity contribution in [3.63, 3.8) is 0 Å². The van der Waals surface area contributed by atoms with Crippen molar-refractivity contribution in [1.82, 2.24) is 4.31 Å². The Hall–Kier alpha value is -2.14. The lowest BCUT2D eigenvalue weighted by Crippen LogP contribution is -2.42. The Labute approximate surface area is 162 Å². The Morgan fingerprint density at radius 2 is 1.86 bits per heavy atom. The van der Waals surface area contributed by atoms with Gasteiger partial charge in [-0.1, -0.05) is 12.1 Å². The molecule has 0 aromatic heterocycles. The molecule has 2 rings (SSSR count). The minimum Gasteiger partial charge on any atom is -0.465 e. The molecule has 1 fully saturated rings. The summed E-state index contributed by atoms with van der Waals surface area (Å²) in [5.41, 5.74) is -1.40. The number of hydrogen-bond acceptors (Lipinski definition) is 5. The second-order valence-corrected chi connectivity index (χ2v) is 8.32. The maximum absolute atomic E-state index is 12.8. The van der Waals surface area contributed by atoms with E-state index in [1.54, 1.807) is 20.8 Å². The molecule has 3 atom stereocenters. The van der Waals surface area contributed by atoms with Gasteiger partial charge in [0.15, 0.2) is 0 Å². The number of nitrogens with zero attached hydrogens (tertiary/aromatic N) is 1. The lowest BCUT2D eigenvalue weighted by Gasteiger charge is -2.28. The van der Waals surface area contributed by atoms with Crippen LogP contribution in [0.25, 0.3) is 0 Å². The van der Waals surface area contributed by atoms with E-state index in [0.29, 0.717) is 9.87 Å². The maximum atomic E-state index is 12.8. The number of amides is 1. The number of esters is 1. The Morgan fingerprint density at radius 3 is 2.32 bits per heavy atom. The highest BCUT2D eigenvalue weighted by atomic mass is 32.2. The molecule has 0 radical (unpaired) electrons. The first kappa shape index (κ1) is 22.2. The Bertz CT molecular complexity index is 760. The van der Waals surface area contributed by atoms with Gasteiger partial charge in [0.05, 0.1) is 23.6 Å². The molecule has 0 bridgehead atoms. The zero-order chi connectivity index (χ0) is 21.3. The smallest absolute Gasteiger partial charge is 0.421 e. The van der Waals surface area contributed by atoms with Gasteiger partial charge >= 0.3 is 18.2 Å². The van der Waals surface area contributed by atoms with Crippen molar-refractivity contribution in [2.45, 2.75) is 38.9 Å². The van der Waals surface area contributed by atoms with Crippen LogP contribution in [-0.4, -0.2) is 44.9 Å². The molecule has 1 amide bonds. The number of hydrogen-bond donors (Lipinski definition) is 1. The maximum Gasteiger partial charge on any atom is 0.421 e. The van der Waals surface area contributed by atoms with E-state index in [1.165, 1.54) is 12.1 Å². The van der Waals surface area contributed by atoms with Crippen molar-refractivity contribution in [3.8, 4) is 0 Å². The highest BCUT2D eigenvalue weighted by Crippen LogP contribution is 2.34. The van der Waals surface area contributed by atoms with Crippen LogP contribution in [0.5, 0.6) is 0 Å². The fourth-order valence-electron chi connectivity index (χ4n) is 2.58. The lowest BCUT2D eigenvalue weighted by atomic mass is 9.91. The Balaban J connectivity index is 2.34. The van der Waals surface area contributed by atoms with Crippen molar-refractivity contribution >= 4 is 23.3 Å². The zero-order valence-electron chi connectivity index (χ0n) is 15.4. The van der Waals surface area contributed by atoms with Crippen molar-refractivity contribution in [2.75, 3.05) is 13.2 Å². The molecule has 0 spiro atoms. The second kappa shape index (κ2) is 8.08. The third kappa shape index (κ3) is 5.02. The third-order valence-corrected chi connectivity index (χ3v) is 5.21. The zero-order valence-corrected chi connectivity index (χ0v) is 16.2. The summed E-state index contributed by atoms with van der Waals surface area (Å²) in [4.78, 5) is 23.5. The summed E-state index contributed by atoms with van der Waals surface area (Å²) >= 11 is -2.25. The first-order valence-corrected chi connectivity index (χ1v) is 9.27. The van der Waals surface area contributed by atoms with Gasteiger partial charge in [0, 0.05) is 5.92 Å². The van der Waals surface area contributed by atoms with Crippen LogP contribution in [0, 0.1) is 5.41 Å². The monoisotopic (exact) mass is 423 g/mol. The van der Waals surface area contributed by atoms with E-state index in [4.69, 9.17) is 8.92 Å². The van der Waals surface area contributed by atoms with Crippen LogP contribution in [0.3, 0.4) is 0 Å². The first-order chi connectivity index (χ1) is 12.8. The lowest BCUT2D eigenvalue weighted by molar-refractivity contribution is -0.153. The van der Waals surface area contributed by atoms with Crippen LogP contribution in [0.15, 0.2) is 24.3 Å². The van der Waals surface area contributed by atoms with Crippen molar-refractivity contribution < 1.29 is 41.0 Å². The minimum absolute atomic E-state index is 0.252. The summed E-state index contributed by atoms with van der Waals surface area (Å²) in [6.45, 7) is 4.31. The number of rotatable bonds is 4. The van der Waals surface area contributed by atoms with Crippen LogP contribution in [0.4, 0.5) is 18.0 Å². The quantitative estimate of drug-likeness (QED) is 0.747. The van der Waals surface area contributed by atoms with Gasteiger partial charge in [-0.15, -0.1) is 0 Å². The first-order valence-electron chi connectivity index (χ1n) is 8.24. The van der Waals surface area contributed by atoms with Crippen LogP contribution in [-0.2, 0) is 31.2 Å². The molecule has 1 aliphatic heterocycles. The predicted molar refractivity (Wildman–Crippen MR) is 92.3 cm³/mol. The Morgan fingerprint density at radius 1 is 1.29 bits per heavy atom. The molecule has 1 aromatic carbocycles. The van der Waals surface area contributed by atoms with Gasteiger partial charge < -0.3 is 9.84 Å². The average molecular weight is 423 g/mol. The molecule has 1 heterocycles. The number of carbonyl (C=O) groups excluding carboxylic acids is 1. The topological polar surface area (TPSA) is 93.1 Å². The van der Waals surface area contributed by atoms with Crippen LogP contribution in [0.1, 0.15) is 37.8 Å². The molecule has 0 aliphatic carbocycles. The second-order valence-electron chi connectivity index (χ2n) is 7.25. The summed E-state index contributed by atoms with van der Waals surface area (Å²) < 4.78 is 61.0. The van der Waals surface area contributed by atoms with Gasteiger partial charge in [0.25, 0.3) is 11.3 Å². The summed E-state index contributed by atoms with van der Waals surface area (Å²) in [6, 6.07) is 3.07. The molecule has 7 nitrogen and oxygen atoms in total. The number of benzene rings is 1. The van der Waals surface area contributed by atoms with Crippen LogP contribution >= 0.6 is 0 Å². The van der Waals surface area contributed by atoms with Gasteiger partial charge in [-0.3, -0.25) is 8.98 Å². The largest absolute Gasteiger partial charge is 0.465 e. The highest BCUT2D eigenvalue weighted by Gasteiger charge is 2.43. The molecular formula is C17H20F3NO6S. The van der Waals surface area contributed by atoms with Gasteiger partial charge in [-0.25, -0.2) is 9.00 Å². The molecular weight excluding hydrogens is 403 g/mol. The Kier molecular flexibility index (Phi) is 6.39. The van der Waals surface area contributed by atoms with E-state index in [1.807, 2.05) is 0 Å². The summed E-state index contributed by atoms with van der Waals surface area (Å²) in [7, 11) is 0. The molecule has 0 saturated carbocycles. The standard InChI is InChI=1S/C17H20F3NO6S/c1-16(2,3)14(22)26-8-12(13-9-27-28(25)21(13)15(23)24)10-4-6-11(7-5-10)17(18,19)20/h4-7,12-13H,8-9H2,1-3H3,(H,23,24)/t12-,13+,28?/m0/s1. The van der Waals surface area contributed by atoms with Gasteiger partial charge in [-0.05, 0) is 38.5 Å². The normalized spacial score (nSPS) is 21.4. The molecule has 1 N–H and O–H groups in total. The van der Waals surface area contributed by atoms with Gasteiger partial charge in [0.2, 0.25) is 0 Å². The molecule has 11 heteroatoms. The van der Waals surface area contributed by atoms with Crippen molar-refractivity contribution in [2.24, 2.45) is 5.41 Å². The molecule has 1 aromatic rings. The molecule has 1 saturated heterocycles. The van der Waals surface area contributed by atoms with Crippen LogP contribution < -0.4 is 0 Å². The molecule has 28 heavy (non-hydrogen) atoms. The number of halogens is 3. The van der Waals surface area contributed by atoms with E-state index in [9.17, 15) is 32.1 Å². The van der Waals surface area contributed by atoms with E-state index in [-0.39, 0.29) is 13.2 Å². The summed E-state index contributed by atoms with van der Waals surface area (Å²) in [5, 5.41) is 9.30. The number of ether oxygens (including phenoxy) is 1. The number of carboxylic acid groups (broad SMARTS) is 1. The van der Waals surface area contributed by atoms with Crippen molar-refractivity contribution in [3.05, 3.63) is 35.4 Å². The highest BCUT2D eigenvalue weighted by molar-refractivity contribution is 7.78. The number of alkyl halides is 3. The fraction of sp³-hybridized carbons (Fsp3) is 0.529. The van der Waals surface area contributed by atoms with E-state index in [0.717, 1.165) is 12.1 Å². The van der Waals surface area contributed by atoms with E-state index in [2.05, 4.69) is 0 Å². The molecule has 1 unspecified atom stereocenters. The van der Waals surface area contributed by atoms with E-state index < -0.39 is 52.4 Å². The third-order valence-electron chi connectivity index (χ3n) is 4.13. The summed E-state index contributed by atoms with van der Waals surface area (Å²) in [6.07, 6.45) is -6.04. The minimum atomic E-state index is -4.53. The average Bonchev–Trinajstić information content (AvgIpc) is 2.95. The predicted octanol–water partition coefficient (Wildman–Crippen LogP) is 3.34. The summed E-state index contributed by atoms with van der Waals surface area (Å²) in [5.74, 6) is -1.43. The van der Waals surface area contributed by atoms with Crippen LogP contribution in [0.2, 0.25) is 0 Å². The fourth-order valence-corrected chi connectivity index (χ4v) is 3.50. The SMILES string of the molecule is CC(C)(C)C(=O)OC[C@@H](c1ccc(C(F)(F)F)cc1)[C@H]1COS(=O)N1C(=O)O. The van der Waals surface area contributed by atoms with Crippen molar-refractivity contribution in [1.29, 1.82) is 0 Å². The number of carbonyl (C=O) groups is 2. The van der Waals surface area contributed by atoms with E-state index >= 15 is 0 Å². The van der Waals surface area contributed by atoms with Gasteiger partial charge in [0.1, 0.15) is 6.61 Å². The van der Waals surface area contributed by atoms with Gasteiger partial charge in [-0.2, -0.15) is 17.5 Å².